The van der Waals surface area contributed by atoms with E-state index < -0.39 is 0 Å². The minimum atomic E-state index is -0.321. The molecular formula is C11H10BrFN4. The van der Waals surface area contributed by atoms with Crippen LogP contribution in [0, 0.1) is 5.82 Å². The van der Waals surface area contributed by atoms with E-state index in [4.69, 9.17) is 5.73 Å². The molecule has 0 saturated heterocycles. The van der Waals surface area contributed by atoms with Crippen LogP contribution in [0.2, 0.25) is 0 Å². The number of aromatic nitrogens is 3. The molecule has 2 N–H and O–H groups in total. The molecule has 1 fully saturated rings. The zero-order valence-electron chi connectivity index (χ0n) is 8.90. The van der Waals surface area contributed by atoms with Gasteiger partial charge in [0.1, 0.15) is 5.82 Å². The van der Waals surface area contributed by atoms with E-state index in [-0.39, 0.29) is 5.82 Å². The van der Waals surface area contributed by atoms with E-state index in [9.17, 15) is 4.39 Å². The Bertz CT molecular complexity index is 577. The topological polar surface area (TPSA) is 56.7 Å². The molecule has 4 nitrogen and oxygen atoms in total. The van der Waals surface area contributed by atoms with E-state index in [1.807, 2.05) is 0 Å². The molecule has 88 valence electrons. The second-order valence-corrected chi connectivity index (χ2v) is 5.00. The maximum Gasteiger partial charge on any atom is 0.169 e. The lowest BCUT2D eigenvalue weighted by molar-refractivity contribution is 0.617. The summed E-state index contributed by atoms with van der Waals surface area (Å²) in [5, 5.41) is 7.84. The van der Waals surface area contributed by atoms with Gasteiger partial charge in [-0.15, -0.1) is 5.10 Å². The second kappa shape index (κ2) is 3.80. The largest absolute Gasteiger partial charge is 0.381 e. The Morgan fingerprint density at radius 1 is 1.41 bits per heavy atom. The van der Waals surface area contributed by atoms with Crippen molar-refractivity contribution in [2.75, 3.05) is 5.73 Å². The van der Waals surface area contributed by atoms with Gasteiger partial charge in [0.2, 0.25) is 0 Å². The first-order valence-electron chi connectivity index (χ1n) is 5.33. The number of nitrogen functional groups attached to an aromatic ring is 1. The van der Waals surface area contributed by atoms with Gasteiger partial charge in [-0.1, -0.05) is 5.21 Å². The van der Waals surface area contributed by atoms with Crippen LogP contribution < -0.4 is 5.73 Å². The van der Waals surface area contributed by atoms with Gasteiger partial charge in [0.05, 0.1) is 15.9 Å². The van der Waals surface area contributed by atoms with Crippen LogP contribution in [0.15, 0.2) is 22.7 Å². The van der Waals surface area contributed by atoms with Crippen LogP contribution in [0.3, 0.4) is 0 Å². The van der Waals surface area contributed by atoms with Crippen LogP contribution >= 0.6 is 15.9 Å². The number of hydrogen-bond donors (Lipinski definition) is 1. The molecule has 3 rings (SSSR count). The first kappa shape index (κ1) is 10.7. The molecule has 0 aliphatic heterocycles. The Labute approximate surface area is 106 Å². The molecular weight excluding hydrogens is 287 g/mol. The molecule has 0 atom stereocenters. The van der Waals surface area contributed by atoms with Crippen molar-refractivity contribution in [3.05, 3.63) is 34.2 Å². The summed E-state index contributed by atoms with van der Waals surface area (Å²) in [6, 6.07) is 4.86. The first-order valence-corrected chi connectivity index (χ1v) is 6.12. The maximum atomic E-state index is 13.5. The van der Waals surface area contributed by atoms with Gasteiger partial charge >= 0.3 is 0 Å². The predicted octanol–water partition coefficient (Wildman–Crippen LogP) is 2.63. The van der Waals surface area contributed by atoms with Gasteiger partial charge in [0.25, 0.3) is 0 Å². The normalized spacial score (nSPS) is 15.2. The Morgan fingerprint density at radius 3 is 2.82 bits per heavy atom. The summed E-state index contributed by atoms with van der Waals surface area (Å²) in [6.07, 6.45) is 2.19. The minimum Gasteiger partial charge on any atom is -0.381 e. The monoisotopic (exact) mass is 296 g/mol. The molecule has 1 aromatic heterocycles. The lowest BCUT2D eigenvalue weighted by Crippen LogP contribution is -2.03. The molecule has 1 aliphatic rings. The van der Waals surface area contributed by atoms with Crippen molar-refractivity contribution in [3.63, 3.8) is 0 Å². The molecule has 1 aromatic carbocycles. The average molecular weight is 297 g/mol. The van der Waals surface area contributed by atoms with Gasteiger partial charge in [-0.25, -0.2) is 9.07 Å². The maximum absolute atomic E-state index is 13.5. The summed E-state index contributed by atoms with van der Waals surface area (Å²) in [7, 11) is 0. The molecule has 6 heteroatoms. The summed E-state index contributed by atoms with van der Waals surface area (Å²) in [5.41, 5.74) is 7.34. The molecule has 1 heterocycles. The Morgan fingerprint density at radius 2 is 2.18 bits per heavy atom. The number of nitrogens with two attached hydrogens (primary N) is 1. The summed E-state index contributed by atoms with van der Waals surface area (Å²) in [4.78, 5) is 0. The smallest absolute Gasteiger partial charge is 0.169 e. The van der Waals surface area contributed by atoms with Crippen LogP contribution in [0.1, 0.15) is 24.5 Å². The molecule has 0 spiro atoms. The zero-order chi connectivity index (χ0) is 12.0. The second-order valence-electron chi connectivity index (χ2n) is 4.14. The van der Waals surface area contributed by atoms with E-state index >= 15 is 0 Å². The predicted molar refractivity (Wildman–Crippen MR) is 65.4 cm³/mol. The van der Waals surface area contributed by atoms with Crippen molar-refractivity contribution in [1.29, 1.82) is 0 Å². The number of nitrogens with zero attached hydrogens (tertiary/aromatic N) is 3. The molecule has 17 heavy (non-hydrogen) atoms. The molecule has 0 bridgehead atoms. The molecule has 1 saturated carbocycles. The third-order valence-electron chi connectivity index (χ3n) is 2.84. The number of anilines is 1. The van der Waals surface area contributed by atoms with Crippen LogP contribution in [0.25, 0.3) is 5.69 Å². The number of hydrogen-bond acceptors (Lipinski definition) is 3. The van der Waals surface area contributed by atoms with E-state index in [0.29, 0.717) is 21.9 Å². The van der Waals surface area contributed by atoms with E-state index in [2.05, 4.69) is 26.2 Å². The minimum absolute atomic E-state index is 0.321. The van der Waals surface area contributed by atoms with Crippen molar-refractivity contribution in [2.45, 2.75) is 18.8 Å². The number of halogens is 2. The summed E-state index contributed by atoms with van der Waals surface area (Å²) >= 11 is 3.12. The molecule has 0 unspecified atom stereocenters. The Balaban J connectivity index is 2.11. The van der Waals surface area contributed by atoms with Crippen LogP contribution in [0.5, 0.6) is 0 Å². The van der Waals surface area contributed by atoms with Crippen molar-refractivity contribution in [1.82, 2.24) is 15.0 Å². The molecule has 0 radical (unpaired) electrons. The highest BCUT2D eigenvalue weighted by Gasteiger charge is 2.31. The standard InChI is InChI=1S/C11H10BrFN4/c12-8-4-3-7(5-9(8)13)17-10(6-1-2-6)11(14)15-16-17/h3-6H,1-2,14H2. The lowest BCUT2D eigenvalue weighted by Gasteiger charge is -2.06. The van der Waals surface area contributed by atoms with Crippen LogP contribution in [-0.4, -0.2) is 15.0 Å². The quantitative estimate of drug-likeness (QED) is 0.927. The van der Waals surface area contributed by atoms with Crippen molar-refractivity contribution < 1.29 is 4.39 Å². The van der Waals surface area contributed by atoms with E-state index in [1.54, 1.807) is 16.8 Å². The van der Waals surface area contributed by atoms with Crippen LogP contribution in [0.4, 0.5) is 10.2 Å². The van der Waals surface area contributed by atoms with Gasteiger partial charge in [-0.2, -0.15) is 0 Å². The average Bonchev–Trinajstić information content (AvgIpc) is 3.06. The summed E-state index contributed by atoms with van der Waals surface area (Å²) < 4.78 is 15.5. The van der Waals surface area contributed by atoms with Crippen molar-refractivity contribution >= 4 is 21.7 Å². The molecule has 2 aromatic rings. The summed E-state index contributed by atoms with van der Waals surface area (Å²) in [6.45, 7) is 0. The van der Waals surface area contributed by atoms with E-state index in [0.717, 1.165) is 18.5 Å². The fourth-order valence-electron chi connectivity index (χ4n) is 1.85. The van der Waals surface area contributed by atoms with Gasteiger partial charge in [0.15, 0.2) is 5.82 Å². The SMILES string of the molecule is Nc1nnn(-c2ccc(Br)c(F)c2)c1C1CC1. The highest BCUT2D eigenvalue weighted by Crippen LogP contribution is 2.42. The van der Waals surface area contributed by atoms with E-state index in [1.165, 1.54) is 6.07 Å². The lowest BCUT2D eigenvalue weighted by atomic mass is 10.2. The number of rotatable bonds is 2. The third kappa shape index (κ3) is 1.82. The fraction of sp³-hybridized carbons (Fsp3) is 0.273. The fourth-order valence-corrected chi connectivity index (χ4v) is 2.09. The van der Waals surface area contributed by atoms with Gasteiger partial charge < -0.3 is 5.73 Å². The Kier molecular flexibility index (Phi) is 2.39. The highest BCUT2D eigenvalue weighted by atomic mass is 79.9. The van der Waals surface area contributed by atoms with Gasteiger partial charge in [-0.3, -0.25) is 0 Å². The summed E-state index contributed by atoms with van der Waals surface area (Å²) in [5.74, 6) is 0.533. The zero-order valence-corrected chi connectivity index (χ0v) is 10.5. The van der Waals surface area contributed by atoms with Crippen molar-refractivity contribution in [2.24, 2.45) is 0 Å². The first-order chi connectivity index (χ1) is 8.16. The number of benzene rings is 1. The highest BCUT2D eigenvalue weighted by molar-refractivity contribution is 9.10. The molecule has 0 amide bonds. The van der Waals surface area contributed by atoms with Crippen molar-refractivity contribution in [3.8, 4) is 5.69 Å². The third-order valence-corrected chi connectivity index (χ3v) is 3.49. The Hall–Kier alpha value is -1.43. The molecule has 1 aliphatic carbocycles. The van der Waals surface area contributed by atoms with Gasteiger partial charge in [0, 0.05) is 12.0 Å². The van der Waals surface area contributed by atoms with Crippen LogP contribution in [-0.2, 0) is 0 Å². The van der Waals surface area contributed by atoms with Gasteiger partial charge in [-0.05, 0) is 40.9 Å².